The van der Waals surface area contributed by atoms with Gasteiger partial charge in [-0.05, 0) is 36.5 Å². The molecule has 100 valence electrons. The van der Waals surface area contributed by atoms with Crippen molar-refractivity contribution >= 4 is 5.69 Å². The molecule has 18 heavy (non-hydrogen) atoms. The van der Waals surface area contributed by atoms with Gasteiger partial charge in [-0.25, -0.2) is 0 Å². The minimum absolute atomic E-state index is 0.264. The molecule has 1 unspecified atom stereocenters. The Balaban J connectivity index is 1.94. The summed E-state index contributed by atoms with van der Waals surface area (Å²) in [6, 6.07) is 7.18. The number of likely N-dealkylation sites (N-methyl/N-ethyl adjacent to an activating group) is 1. The fraction of sp³-hybridized carbons (Fsp3) is 0.600. The first-order chi connectivity index (χ1) is 8.74. The van der Waals surface area contributed by atoms with Crippen molar-refractivity contribution in [2.24, 2.45) is 0 Å². The third kappa shape index (κ3) is 3.03. The molecule has 1 aliphatic heterocycles. The summed E-state index contributed by atoms with van der Waals surface area (Å²) >= 11 is 0. The van der Waals surface area contributed by atoms with Crippen LogP contribution in [0.3, 0.4) is 0 Å². The van der Waals surface area contributed by atoms with Gasteiger partial charge in [0.15, 0.2) is 0 Å². The smallest absolute Gasteiger partial charge is 0.0445 e. The Labute approximate surface area is 110 Å². The van der Waals surface area contributed by atoms with E-state index < -0.39 is 0 Å². The summed E-state index contributed by atoms with van der Waals surface area (Å²) in [5.41, 5.74) is 4.19. The molecule has 0 spiro atoms. The lowest BCUT2D eigenvalue weighted by atomic mass is 10.1. The minimum atomic E-state index is 0.264. The second-order valence-corrected chi connectivity index (χ2v) is 5.13. The van der Waals surface area contributed by atoms with Gasteiger partial charge in [0.1, 0.15) is 0 Å². The molecule has 2 rings (SSSR count). The van der Waals surface area contributed by atoms with Crippen molar-refractivity contribution in [3.05, 3.63) is 29.3 Å². The first-order valence-corrected chi connectivity index (χ1v) is 6.91. The molecule has 1 aromatic rings. The van der Waals surface area contributed by atoms with Crippen molar-refractivity contribution in [1.29, 1.82) is 0 Å². The molecule has 0 saturated heterocycles. The van der Waals surface area contributed by atoms with Gasteiger partial charge in [-0.2, -0.15) is 0 Å². The van der Waals surface area contributed by atoms with Crippen molar-refractivity contribution in [2.75, 3.05) is 25.1 Å². The first-order valence-electron chi connectivity index (χ1n) is 6.91. The van der Waals surface area contributed by atoms with E-state index in [1.807, 2.05) is 0 Å². The van der Waals surface area contributed by atoms with Gasteiger partial charge in [-0.1, -0.05) is 19.1 Å². The van der Waals surface area contributed by atoms with E-state index in [0.717, 1.165) is 32.4 Å². The molecule has 0 aromatic heterocycles. The van der Waals surface area contributed by atoms with Gasteiger partial charge in [0, 0.05) is 38.5 Å². The van der Waals surface area contributed by atoms with E-state index in [2.05, 4.69) is 42.4 Å². The fourth-order valence-electron chi connectivity index (χ4n) is 2.60. The van der Waals surface area contributed by atoms with E-state index in [4.69, 9.17) is 5.11 Å². The Kier molecular flexibility index (Phi) is 4.61. The van der Waals surface area contributed by atoms with Crippen LogP contribution < -0.4 is 10.2 Å². The van der Waals surface area contributed by atoms with Gasteiger partial charge in [-0.3, -0.25) is 0 Å². The Morgan fingerprint density at radius 1 is 1.44 bits per heavy atom. The summed E-state index contributed by atoms with van der Waals surface area (Å²) in [5.74, 6) is 0. The molecule has 1 aromatic carbocycles. The molecular weight excluding hydrogens is 224 g/mol. The highest BCUT2D eigenvalue weighted by Crippen LogP contribution is 2.27. The lowest BCUT2D eigenvalue weighted by Crippen LogP contribution is -2.28. The number of benzene rings is 1. The highest BCUT2D eigenvalue weighted by atomic mass is 16.3. The van der Waals surface area contributed by atoms with Crippen LogP contribution in [-0.4, -0.2) is 31.3 Å². The van der Waals surface area contributed by atoms with Crippen molar-refractivity contribution in [2.45, 2.75) is 38.8 Å². The predicted octanol–water partition coefficient (Wildman–Crippen LogP) is 1.93. The maximum absolute atomic E-state index is 8.98. The third-order valence-corrected chi connectivity index (χ3v) is 3.84. The van der Waals surface area contributed by atoms with E-state index in [-0.39, 0.29) is 6.61 Å². The van der Waals surface area contributed by atoms with E-state index in [1.165, 1.54) is 16.8 Å². The molecule has 1 heterocycles. The van der Waals surface area contributed by atoms with Crippen molar-refractivity contribution in [1.82, 2.24) is 5.32 Å². The van der Waals surface area contributed by atoms with Crippen LogP contribution in [0.15, 0.2) is 18.2 Å². The van der Waals surface area contributed by atoms with E-state index in [9.17, 15) is 0 Å². The summed E-state index contributed by atoms with van der Waals surface area (Å²) in [7, 11) is 2.15. The SMILES string of the molecule is CCC(CCO)NCc1ccc2c(c1)CCN2C. The molecule has 1 atom stereocenters. The molecule has 0 aliphatic carbocycles. The molecule has 3 heteroatoms. The number of rotatable bonds is 6. The van der Waals surface area contributed by atoms with Crippen LogP contribution in [0.1, 0.15) is 30.9 Å². The van der Waals surface area contributed by atoms with E-state index in [1.54, 1.807) is 0 Å². The summed E-state index contributed by atoms with van der Waals surface area (Å²) in [6.07, 6.45) is 3.06. The minimum Gasteiger partial charge on any atom is -0.396 e. The lowest BCUT2D eigenvalue weighted by molar-refractivity contribution is 0.262. The zero-order valence-electron chi connectivity index (χ0n) is 11.4. The van der Waals surface area contributed by atoms with E-state index in [0.29, 0.717) is 6.04 Å². The van der Waals surface area contributed by atoms with Crippen LogP contribution in [0.4, 0.5) is 5.69 Å². The van der Waals surface area contributed by atoms with Gasteiger partial charge < -0.3 is 15.3 Å². The second-order valence-electron chi connectivity index (χ2n) is 5.13. The number of nitrogens with zero attached hydrogens (tertiary/aromatic N) is 1. The van der Waals surface area contributed by atoms with Gasteiger partial charge in [0.2, 0.25) is 0 Å². The maximum atomic E-state index is 8.98. The Morgan fingerprint density at radius 3 is 3.00 bits per heavy atom. The molecule has 3 nitrogen and oxygen atoms in total. The highest BCUT2D eigenvalue weighted by molar-refractivity contribution is 5.58. The average molecular weight is 248 g/mol. The molecule has 0 saturated carbocycles. The number of hydrogen-bond acceptors (Lipinski definition) is 3. The number of aliphatic hydroxyl groups excluding tert-OH is 1. The van der Waals surface area contributed by atoms with Crippen LogP contribution in [0, 0.1) is 0 Å². The number of aliphatic hydroxyl groups is 1. The summed E-state index contributed by atoms with van der Waals surface area (Å²) in [4.78, 5) is 2.31. The molecule has 1 aliphatic rings. The topological polar surface area (TPSA) is 35.5 Å². The summed E-state index contributed by atoms with van der Waals surface area (Å²) < 4.78 is 0. The monoisotopic (exact) mass is 248 g/mol. The number of fused-ring (bicyclic) bond motifs is 1. The van der Waals surface area contributed by atoms with Gasteiger partial charge >= 0.3 is 0 Å². The van der Waals surface area contributed by atoms with E-state index >= 15 is 0 Å². The standard InChI is InChI=1S/C15H24N2O/c1-3-14(7-9-18)16-11-12-4-5-15-13(10-12)6-8-17(15)2/h4-5,10,14,16,18H,3,6-9,11H2,1-2H3. The number of nitrogens with one attached hydrogen (secondary N) is 1. The average Bonchev–Trinajstić information content (AvgIpc) is 2.76. The fourth-order valence-corrected chi connectivity index (χ4v) is 2.60. The van der Waals surface area contributed by atoms with Crippen LogP contribution >= 0.6 is 0 Å². The zero-order chi connectivity index (χ0) is 13.0. The Hall–Kier alpha value is -1.06. The largest absolute Gasteiger partial charge is 0.396 e. The van der Waals surface area contributed by atoms with Gasteiger partial charge in [0.25, 0.3) is 0 Å². The maximum Gasteiger partial charge on any atom is 0.0445 e. The normalized spacial score (nSPS) is 15.8. The highest BCUT2D eigenvalue weighted by Gasteiger charge is 2.15. The number of anilines is 1. The zero-order valence-corrected chi connectivity index (χ0v) is 11.4. The molecule has 0 radical (unpaired) electrons. The third-order valence-electron chi connectivity index (χ3n) is 3.84. The second kappa shape index (κ2) is 6.21. The van der Waals surface area contributed by atoms with Crippen LogP contribution in [0.5, 0.6) is 0 Å². The molecule has 0 bridgehead atoms. The molecule has 0 fully saturated rings. The van der Waals surface area contributed by atoms with Crippen molar-refractivity contribution in [3.63, 3.8) is 0 Å². The first kappa shape index (κ1) is 13.4. The van der Waals surface area contributed by atoms with Gasteiger partial charge in [0.05, 0.1) is 0 Å². The molecule has 0 amide bonds. The lowest BCUT2D eigenvalue weighted by Gasteiger charge is -2.16. The Bertz CT molecular complexity index is 392. The summed E-state index contributed by atoms with van der Waals surface area (Å²) in [6.45, 7) is 4.45. The van der Waals surface area contributed by atoms with Crippen LogP contribution in [0.25, 0.3) is 0 Å². The quantitative estimate of drug-likeness (QED) is 0.807. The predicted molar refractivity (Wildman–Crippen MR) is 76.0 cm³/mol. The molecular formula is C15H24N2O. The van der Waals surface area contributed by atoms with Crippen molar-refractivity contribution in [3.8, 4) is 0 Å². The van der Waals surface area contributed by atoms with Crippen molar-refractivity contribution < 1.29 is 5.11 Å². The molecule has 2 N–H and O–H groups in total. The Morgan fingerprint density at radius 2 is 2.28 bits per heavy atom. The van der Waals surface area contributed by atoms with Crippen LogP contribution in [-0.2, 0) is 13.0 Å². The van der Waals surface area contributed by atoms with Gasteiger partial charge in [-0.15, -0.1) is 0 Å². The summed E-state index contributed by atoms with van der Waals surface area (Å²) in [5, 5.41) is 12.5. The van der Waals surface area contributed by atoms with Crippen LogP contribution in [0.2, 0.25) is 0 Å². The number of hydrogen-bond donors (Lipinski definition) is 2.